The van der Waals surface area contributed by atoms with E-state index in [-0.39, 0.29) is 17.0 Å². The molecule has 0 atom stereocenters. The molecule has 30 heavy (non-hydrogen) atoms. The molecule has 4 aromatic rings. The van der Waals surface area contributed by atoms with E-state index in [2.05, 4.69) is 10.3 Å². The number of fused-ring (bicyclic) bond motifs is 1. The molecule has 3 N–H and O–H groups in total. The van der Waals surface area contributed by atoms with Crippen LogP contribution < -0.4 is 11.1 Å². The number of hydrogen-bond acceptors (Lipinski definition) is 5. The van der Waals surface area contributed by atoms with Crippen molar-refractivity contribution in [3.8, 4) is 11.1 Å². The second kappa shape index (κ2) is 7.60. The summed E-state index contributed by atoms with van der Waals surface area (Å²) in [5.41, 5.74) is 6.55. The van der Waals surface area contributed by atoms with Crippen molar-refractivity contribution in [2.45, 2.75) is 4.90 Å². The average molecular weight is 424 g/mol. The van der Waals surface area contributed by atoms with E-state index in [0.717, 1.165) is 3.97 Å². The van der Waals surface area contributed by atoms with Crippen LogP contribution >= 0.6 is 0 Å². The summed E-state index contributed by atoms with van der Waals surface area (Å²) in [4.78, 5) is 15.2. The molecule has 0 aliphatic carbocycles. The number of carbonyl (C=O) groups is 1. The summed E-state index contributed by atoms with van der Waals surface area (Å²) in [6.07, 6.45) is 3.00. The number of nitrogens with zero attached hydrogens (tertiary/aromatic N) is 2. The Morgan fingerprint density at radius 3 is 2.53 bits per heavy atom. The van der Waals surface area contributed by atoms with Crippen LogP contribution in [0.1, 0.15) is 0 Å². The predicted molar refractivity (Wildman–Crippen MR) is 112 cm³/mol. The maximum absolute atomic E-state index is 14.0. The van der Waals surface area contributed by atoms with Gasteiger partial charge in [-0.3, -0.25) is 4.79 Å². The number of benzene rings is 2. The molecule has 152 valence electrons. The quantitative estimate of drug-likeness (QED) is 0.495. The van der Waals surface area contributed by atoms with E-state index in [1.807, 2.05) is 0 Å². The first kappa shape index (κ1) is 19.6. The smallest absolute Gasteiger partial charge is 0.268 e. The largest absolute Gasteiger partial charge is 0.368 e. The summed E-state index contributed by atoms with van der Waals surface area (Å²) in [7, 11) is -3.93. The first-order chi connectivity index (χ1) is 14.4. The fraction of sp³-hybridized carbons (Fsp3) is 0.0476. The summed E-state index contributed by atoms with van der Waals surface area (Å²) in [6.45, 7) is -0.0553. The molecule has 1 amide bonds. The van der Waals surface area contributed by atoms with Crippen molar-refractivity contribution >= 4 is 32.7 Å². The molecule has 2 heterocycles. The van der Waals surface area contributed by atoms with E-state index in [0.29, 0.717) is 22.3 Å². The zero-order chi connectivity index (χ0) is 21.3. The maximum Gasteiger partial charge on any atom is 0.268 e. The molecule has 0 bridgehead atoms. The molecule has 0 fully saturated rings. The van der Waals surface area contributed by atoms with Gasteiger partial charge in [0, 0.05) is 28.9 Å². The average Bonchev–Trinajstić information content (AvgIpc) is 3.12. The molecule has 7 nitrogen and oxygen atoms in total. The number of halogens is 1. The molecule has 2 aromatic heterocycles. The van der Waals surface area contributed by atoms with Crippen LogP contribution in [0.15, 0.2) is 78.0 Å². The summed E-state index contributed by atoms with van der Waals surface area (Å²) < 4.78 is 41.4. The van der Waals surface area contributed by atoms with Crippen molar-refractivity contribution in [1.29, 1.82) is 0 Å². The molecule has 0 radical (unpaired) electrons. The Bertz CT molecular complexity index is 1330. The minimum absolute atomic E-state index is 0.0553. The van der Waals surface area contributed by atoms with Gasteiger partial charge in [-0.1, -0.05) is 18.2 Å². The Hall–Kier alpha value is -3.72. The minimum atomic E-state index is -3.93. The van der Waals surface area contributed by atoms with Gasteiger partial charge in [0.25, 0.3) is 10.0 Å². The lowest BCUT2D eigenvalue weighted by molar-refractivity contribution is -0.116. The van der Waals surface area contributed by atoms with Crippen molar-refractivity contribution in [3.05, 3.63) is 78.9 Å². The van der Waals surface area contributed by atoms with Crippen LogP contribution in [0.4, 0.5) is 10.2 Å². The number of rotatable bonds is 6. The summed E-state index contributed by atoms with van der Waals surface area (Å²) in [6, 6.07) is 15.3. The molecule has 0 spiro atoms. The van der Waals surface area contributed by atoms with Gasteiger partial charge in [-0.05, 0) is 42.5 Å². The van der Waals surface area contributed by atoms with E-state index in [1.54, 1.807) is 36.5 Å². The van der Waals surface area contributed by atoms with Crippen LogP contribution in [-0.2, 0) is 14.8 Å². The van der Waals surface area contributed by atoms with Gasteiger partial charge in [0.2, 0.25) is 5.91 Å². The van der Waals surface area contributed by atoms with Crippen molar-refractivity contribution in [3.63, 3.8) is 0 Å². The molecule has 9 heteroatoms. The zero-order valence-corrected chi connectivity index (χ0v) is 16.4. The van der Waals surface area contributed by atoms with Gasteiger partial charge in [-0.15, -0.1) is 0 Å². The van der Waals surface area contributed by atoms with Crippen molar-refractivity contribution in [1.82, 2.24) is 8.96 Å². The Kier molecular flexibility index (Phi) is 4.96. The van der Waals surface area contributed by atoms with Crippen molar-refractivity contribution in [2.24, 2.45) is 5.73 Å². The number of hydrogen-bond donors (Lipinski definition) is 2. The number of anilines is 1. The predicted octanol–water partition coefficient (Wildman–Crippen LogP) is 2.98. The van der Waals surface area contributed by atoms with E-state index < -0.39 is 21.7 Å². The van der Waals surface area contributed by atoms with E-state index in [1.165, 1.54) is 36.5 Å². The molecular weight excluding hydrogens is 407 g/mol. The maximum atomic E-state index is 14.0. The lowest BCUT2D eigenvalue weighted by atomic mass is 10.1. The van der Waals surface area contributed by atoms with Gasteiger partial charge in [0.1, 0.15) is 11.6 Å². The highest BCUT2D eigenvalue weighted by molar-refractivity contribution is 7.90. The first-order valence-corrected chi connectivity index (χ1v) is 10.4. The van der Waals surface area contributed by atoms with Crippen molar-refractivity contribution in [2.75, 3.05) is 11.9 Å². The third-order valence-electron chi connectivity index (χ3n) is 4.55. The molecule has 0 aliphatic heterocycles. The second-order valence-electron chi connectivity index (χ2n) is 6.57. The Morgan fingerprint density at radius 1 is 1.10 bits per heavy atom. The monoisotopic (exact) mass is 424 g/mol. The highest BCUT2D eigenvalue weighted by Crippen LogP contribution is 2.33. The van der Waals surface area contributed by atoms with Gasteiger partial charge in [-0.25, -0.2) is 21.8 Å². The van der Waals surface area contributed by atoms with Crippen LogP contribution in [0.3, 0.4) is 0 Å². The Balaban J connectivity index is 1.84. The van der Waals surface area contributed by atoms with E-state index >= 15 is 0 Å². The SMILES string of the molecule is NC(=O)CNc1ccc(-c2cn(S(=O)(=O)c3ccccc3)c3cc(F)ccc23)cn1. The molecule has 0 unspecified atom stereocenters. The van der Waals surface area contributed by atoms with Gasteiger partial charge >= 0.3 is 0 Å². The summed E-state index contributed by atoms with van der Waals surface area (Å²) in [5.74, 6) is -0.609. The van der Waals surface area contributed by atoms with Crippen molar-refractivity contribution < 1.29 is 17.6 Å². The molecule has 2 aromatic carbocycles. The zero-order valence-electron chi connectivity index (χ0n) is 15.6. The number of nitrogens with two attached hydrogens (primary N) is 1. The van der Waals surface area contributed by atoms with Crippen LogP contribution in [0.25, 0.3) is 22.0 Å². The Labute approximate surface area is 172 Å². The number of aromatic nitrogens is 2. The highest BCUT2D eigenvalue weighted by atomic mass is 32.2. The van der Waals surface area contributed by atoms with Gasteiger partial charge in [0.05, 0.1) is 17.0 Å². The molecule has 0 saturated heterocycles. The van der Waals surface area contributed by atoms with Crippen LogP contribution in [0, 0.1) is 5.82 Å². The minimum Gasteiger partial charge on any atom is -0.368 e. The normalized spacial score (nSPS) is 11.5. The van der Waals surface area contributed by atoms with Crippen LogP contribution in [0.2, 0.25) is 0 Å². The van der Waals surface area contributed by atoms with E-state index in [4.69, 9.17) is 5.73 Å². The molecule has 4 rings (SSSR count). The molecule has 0 saturated carbocycles. The molecular formula is C21H17FN4O3S. The summed E-state index contributed by atoms with van der Waals surface area (Å²) in [5, 5.41) is 3.35. The van der Waals surface area contributed by atoms with Gasteiger partial charge < -0.3 is 11.1 Å². The lowest BCUT2D eigenvalue weighted by Gasteiger charge is -2.07. The topological polar surface area (TPSA) is 107 Å². The number of primary amides is 1. The van der Waals surface area contributed by atoms with E-state index in [9.17, 15) is 17.6 Å². The number of pyridine rings is 1. The second-order valence-corrected chi connectivity index (χ2v) is 8.39. The Morgan fingerprint density at radius 2 is 1.87 bits per heavy atom. The number of amides is 1. The van der Waals surface area contributed by atoms with Crippen LogP contribution in [-0.4, -0.2) is 29.8 Å². The third-order valence-corrected chi connectivity index (χ3v) is 6.24. The highest BCUT2D eigenvalue weighted by Gasteiger charge is 2.22. The fourth-order valence-corrected chi connectivity index (χ4v) is 4.52. The number of nitrogens with one attached hydrogen (secondary N) is 1. The standard InChI is InChI=1S/C21H17FN4O3S/c22-15-7-8-17-18(14-6-9-21(24-11-14)25-12-20(23)27)13-26(19(17)10-15)30(28,29)16-4-2-1-3-5-16/h1-11,13H,12H2,(H2,23,27)(H,24,25). The first-order valence-electron chi connectivity index (χ1n) is 8.96. The lowest BCUT2D eigenvalue weighted by Crippen LogP contribution is -2.22. The third kappa shape index (κ3) is 3.62. The van der Waals surface area contributed by atoms with Gasteiger partial charge in [-0.2, -0.15) is 0 Å². The van der Waals surface area contributed by atoms with Crippen LogP contribution in [0.5, 0.6) is 0 Å². The summed E-state index contributed by atoms with van der Waals surface area (Å²) >= 11 is 0. The van der Waals surface area contributed by atoms with Gasteiger partial charge in [0.15, 0.2) is 0 Å². The fourth-order valence-electron chi connectivity index (χ4n) is 3.14. The number of carbonyl (C=O) groups excluding carboxylic acids is 1. The molecule has 0 aliphatic rings.